The number of hydrogen-bond acceptors (Lipinski definition) is 2. The summed E-state index contributed by atoms with van der Waals surface area (Å²) in [6.45, 7) is 8.53. The van der Waals surface area contributed by atoms with Crippen LogP contribution in [0, 0.1) is 27.7 Å². The van der Waals surface area contributed by atoms with Crippen molar-refractivity contribution >= 4 is 40.2 Å². The van der Waals surface area contributed by atoms with E-state index in [2.05, 4.69) is 195 Å². The van der Waals surface area contributed by atoms with E-state index in [1.807, 2.05) is 0 Å². The van der Waals surface area contributed by atoms with Crippen molar-refractivity contribution in [2.24, 2.45) is 0 Å². The molecule has 0 fully saturated rings. The van der Waals surface area contributed by atoms with E-state index in [1.54, 1.807) is 0 Å². The summed E-state index contributed by atoms with van der Waals surface area (Å²) in [6, 6.07) is 53.0. The van der Waals surface area contributed by atoms with Crippen LogP contribution in [0.3, 0.4) is 0 Å². The summed E-state index contributed by atoms with van der Waals surface area (Å²) >= 11 is 0. The van der Waals surface area contributed by atoms with Gasteiger partial charge in [0.25, 0.3) is 0 Å². The number of anilines is 6. The van der Waals surface area contributed by atoms with E-state index in [-0.39, 0.29) is 0 Å². The van der Waals surface area contributed by atoms with Crippen LogP contribution < -0.4 is 9.80 Å². The number of hydrogen-bond donors (Lipinski definition) is 0. The fourth-order valence-corrected chi connectivity index (χ4v) is 6.03. The Morgan fingerprint density at radius 3 is 1.04 bits per heavy atom. The molecule has 0 aliphatic heterocycles. The first-order valence-corrected chi connectivity index (χ1v) is 17.2. The average Bonchev–Trinajstić information content (AvgIpc) is 3.11. The molecule has 0 heterocycles. The van der Waals surface area contributed by atoms with Crippen LogP contribution in [0.4, 0.5) is 34.1 Å². The number of benzene rings is 6. The zero-order chi connectivity index (χ0) is 33.3. The smallest absolute Gasteiger partial charge is 0.0462 e. The maximum absolute atomic E-state index is 2.34. The molecule has 0 unspecified atom stereocenters. The fraction of sp³-hybridized carbons (Fsp3) is 0.174. The maximum Gasteiger partial charge on any atom is 0.0462 e. The predicted octanol–water partition coefficient (Wildman–Crippen LogP) is 13.3. The molecule has 0 aliphatic carbocycles. The Bertz CT molecular complexity index is 1810. The number of unbranched alkanes of at least 4 members (excludes halogenated alkanes) is 2. The van der Waals surface area contributed by atoms with Gasteiger partial charge in [0, 0.05) is 34.1 Å². The first kappa shape index (κ1) is 32.6. The Morgan fingerprint density at radius 1 is 0.375 bits per heavy atom. The number of rotatable bonds is 12. The molecule has 0 bridgehead atoms. The molecule has 0 N–H and O–H groups in total. The molecule has 0 saturated heterocycles. The van der Waals surface area contributed by atoms with Crippen molar-refractivity contribution in [1.29, 1.82) is 0 Å². The molecule has 240 valence electrons. The summed E-state index contributed by atoms with van der Waals surface area (Å²) in [4.78, 5) is 4.66. The standard InChI is InChI=1S/C46H46N2/c1-35-11-23-41(24-12-35)47(42-25-13-36(2)14-26-42)45-31-19-39(20-32-45)9-7-5-6-8-10-40-21-33-46(34-22-40)48(43-27-15-37(3)16-28-43)44-29-17-38(4)18-30-44/h7,9,11-34H,5-6,8,10H2,1-4H3. The van der Waals surface area contributed by atoms with Crippen LogP contribution in [0.2, 0.25) is 0 Å². The summed E-state index contributed by atoms with van der Waals surface area (Å²) in [5, 5.41) is 0. The molecule has 0 atom stereocenters. The third-order valence-electron chi connectivity index (χ3n) is 8.91. The largest absolute Gasteiger partial charge is 0.311 e. The van der Waals surface area contributed by atoms with Gasteiger partial charge in [-0.05, 0) is 137 Å². The molecule has 0 amide bonds. The van der Waals surface area contributed by atoms with Crippen LogP contribution >= 0.6 is 0 Å². The highest BCUT2D eigenvalue weighted by Gasteiger charge is 2.13. The molecule has 0 radical (unpaired) electrons. The summed E-state index contributed by atoms with van der Waals surface area (Å²) < 4.78 is 0. The lowest BCUT2D eigenvalue weighted by atomic mass is 10.0. The van der Waals surface area contributed by atoms with Gasteiger partial charge in [0.15, 0.2) is 0 Å². The van der Waals surface area contributed by atoms with Gasteiger partial charge in [0.05, 0.1) is 0 Å². The zero-order valence-corrected chi connectivity index (χ0v) is 28.7. The van der Waals surface area contributed by atoms with Crippen molar-refractivity contribution in [2.75, 3.05) is 9.80 Å². The summed E-state index contributed by atoms with van der Waals surface area (Å²) in [7, 11) is 0. The Hall–Kier alpha value is -5.34. The number of allylic oxidation sites excluding steroid dienone is 1. The molecule has 0 spiro atoms. The van der Waals surface area contributed by atoms with Crippen LogP contribution in [-0.4, -0.2) is 0 Å². The maximum atomic E-state index is 2.34. The van der Waals surface area contributed by atoms with Crippen molar-refractivity contribution in [3.63, 3.8) is 0 Å². The SMILES string of the molecule is Cc1ccc(N(c2ccc(C)cc2)c2ccc(C=CCCCCc3ccc(N(c4ccc(C)cc4)c4ccc(C)cc4)cc3)cc2)cc1. The lowest BCUT2D eigenvalue weighted by Crippen LogP contribution is -2.10. The molecule has 0 aromatic heterocycles. The van der Waals surface area contributed by atoms with Gasteiger partial charge in [0.1, 0.15) is 0 Å². The van der Waals surface area contributed by atoms with E-state index in [0.717, 1.165) is 29.9 Å². The predicted molar refractivity (Wildman–Crippen MR) is 208 cm³/mol. The second-order valence-corrected chi connectivity index (χ2v) is 12.9. The monoisotopic (exact) mass is 626 g/mol. The minimum Gasteiger partial charge on any atom is -0.311 e. The van der Waals surface area contributed by atoms with Gasteiger partial charge in [0.2, 0.25) is 0 Å². The van der Waals surface area contributed by atoms with Crippen LogP contribution in [0.15, 0.2) is 152 Å². The topological polar surface area (TPSA) is 6.48 Å². The molecule has 0 saturated carbocycles. The highest BCUT2D eigenvalue weighted by Crippen LogP contribution is 2.36. The van der Waals surface area contributed by atoms with E-state index < -0.39 is 0 Å². The summed E-state index contributed by atoms with van der Waals surface area (Å²) in [5.41, 5.74) is 14.7. The molecular weight excluding hydrogens is 581 g/mol. The lowest BCUT2D eigenvalue weighted by Gasteiger charge is -2.26. The van der Waals surface area contributed by atoms with Crippen molar-refractivity contribution in [1.82, 2.24) is 0 Å². The van der Waals surface area contributed by atoms with Gasteiger partial charge < -0.3 is 9.80 Å². The van der Waals surface area contributed by atoms with Crippen LogP contribution in [0.25, 0.3) is 6.08 Å². The first-order valence-electron chi connectivity index (χ1n) is 17.2. The van der Waals surface area contributed by atoms with E-state index in [0.29, 0.717) is 0 Å². The highest BCUT2D eigenvalue weighted by atomic mass is 15.1. The lowest BCUT2D eigenvalue weighted by molar-refractivity contribution is 0.749. The second kappa shape index (κ2) is 15.5. The zero-order valence-electron chi connectivity index (χ0n) is 28.7. The summed E-state index contributed by atoms with van der Waals surface area (Å²) in [6.07, 6.45) is 9.08. The van der Waals surface area contributed by atoms with Crippen LogP contribution in [-0.2, 0) is 6.42 Å². The minimum absolute atomic E-state index is 1.08. The number of aryl methyl sites for hydroxylation is 5. The first-order chi connectivity index (χ1) is 23.4. The van der Waals surface area contributed by atoms with E-state index in [4.69, 9.17) is 0 Å². The Kier molecular flexibility index (Phi) is 10.5. The van der Waals surface area contributed by atoms with Gasteiger partial charge in [-0.15, -0.1) is 0 Å². The van der Waals surface area contributed by atoms with Gasteiger partial charge in [-0.25, -0.2) is 0 Å². The van der Waals surface area contributed by atoms with Crippen molar-refractivity contribution < 1.29 is 0 Å². The second-order valence-electron chi connectivity index (χ2n) is 12.9. The quantitative estimate of drug-likeness (QED) is 0.125. The van der Waals surface area contributed by atoms with Gasteiger partial charge in [-0.2, -0.15) is 0 Å². The molecule has 6 aromatic carbocycles. The van der Waals surface area contributed by atoms with Gasteiger partial charge >= 0.3 is 0 Å². The molecule has 0 aliphatic rings. The van der Waals surface area contributed by atoms with Crippen molar-refractivity contribution in [2.45, 2.75) is 53.4 Å². The molecule has 2 heteroatoms. The molecule has 6 rings (SSSR count). The van der Waals surface area contributed by atoms with Crippen molar-refractivity contribution in [3.05, 3.63) is 185 Å². The normalized spacial score (nSPS) is 11.2. The third-order valence-corrected chi connectivity index (χ3v) is 8.91. The molecule has 6 aromatic rings. The van der Waals surface area contributed by atoms with Gasteiger partial charge in [-0.3, -0.25) is 0 Å². The average molecular weight is 627 g/mol. The van der Waals surface area contributed by atoms with Gasteiger partial charge in [-0.1, -0.05) is 107 Å². The van der Waals surface area contributed by atoms with E-state index in [9.17, 15) is 0 Å². The summed E-state index contributed by atoms with van der Waals surface area (Å²) in [5.74, 6) is 0. The Morgan fingerprint density at radius 2 is 0.688 bits per heavy atom. The van der Waals surface area contributed by atoms with Crippen LogP contribution in [0.1, 0.15) is 52.6 Å². The van der Waals surface area contributed by atoms with E-state index in [1.165, 1.54) is 63.3 Å². The molecular formula is C46H46N2. The Labute approximate surface area is 287 Å². The highest BCUT2D eigenvalue weighted by molar-refractivity contribution is 5.78. The van der Waals surface area contributed by atoms with Crippen molar-refractivity contribution in [3.8, 4) is 0 Å². The Balaban J connectivity index is 1.04. The minimum atomic E-state index is 1.08. The molecule has 48 heavy (non-hydrogen) atoms. The third kappa shape index (κ3) is 8.32. The van der Waals surface area contributed by atoms with Crippen LogP contribution in [0.5, 0.6) is 0 Å². The number of nitrogens with zero attached hydrogens (tertiary/aromatic N) is 2. The van der Waals surface area contributed by atoms with E-state index >= 15 is 0 Å². The molecule has 2 nitrogen and oxygen atoms in total. The fourth-order valence-electron chi connectivity index (χ4n) is 6.03.